The second-order valence-corrected chi connectivity index (χ2v) is 9.03. The number of morpholine rings is 1. The molecule has 196 valence electrons. The van der Waals surface area contributed by atoms with Crippen molar-refractivity contribution in [2.75, 3.05) is 51.9 Å². The van der Waals surface area contributed by atoms with Crippen LogP contribution in [0.3, 0.4) is 0 Å². The minimum atomic E-state index is -0.786. The number of phenols is 1. The molecule has 1 saturated heterocycles. The molecular weight excluding hydrogens is 498 g/mol. The molecule has 2 aromatic carbocycles. The van der Waals surface area contributed by atoms with Gasteiger partial charge >= 0.3 is 0 Å². The summed E-state index contributed by atoms with van der Waals surface area (Å²) in [5.41, 5.74) is 8.20. The van der Waals surface area contributed by atoms with Crippen LogP contribution in [-0.4, -0.2) is 72.4 Å². The van der Waals surface area contributed by atoms with Gasteiger partial charge in [-0.15, -0.1) is 0 Å². The fourth-order valence-electron chi connectivity index (χ4n) is 4.13. The number of halogens is 1. The lowest BCUT2D eigenvalue weighted by Gasteiger charge is -2.26. The second kappa shape index (κ2) is 11.6. The molecule has 0 spiro atoms. The quantitative estimate of drug-likeness (QED) is 0.381. The Labute approximate surface area is 220 Å². The fourth-order valence-corrected chi connectivity index (χ4v) is 4.43. The summed E-state index contributed by atoms with van der Waals surface area (Å²) in [6.07, 6.45) is 0. The van der Waals surface area contributed by atoms with E-state index in [4.69, 9.17) is 31.5 Å². The molecule has 3 aromatic rings. The van der Waals surface area contributed by atoms with Crippen molar-refractivity contribution in [2.24, 2.45) is 5.73 Å². The van der Waals surface area contributed by atoms with Crippen LogP contribution >= 0.6 is 11.6 Å². The van der Waals surface area contributed by atoms with Crippen LogP contribution in [-0.2, 0) is 4.74 Å². The first-order valence-electron chi connectivity index (χ1n) is 11.8. The number of methoxy groups -OCH3 is 1. The second-order valence-electron chi connectivity index (χ2n) is 8.62. The molecule has 0 unspecified atom stereocenters. The molecule has 1 aliphatic rings. The van der Waals surface area contributed by atoms with E-state index < -0.39 is 5.91 Å². The number of nitrogens with two attached hydrogens (primary N) is 1. The van der Waals surface area contributed by atoms with Gasteiger partial charge in [-0.05, 0) is 49.7 Å². The monoisotopic (exact) mass is 527 g/mol. The number of carbonyl (C=O) groups excluding carboxylic acids is 1. The molecule has 0 radical (unpaired) electrons. The van der Waals surface area contributed by atoms with Gasteiger partial charge in [-0.25, -0.2) is 4.98 Å². The number of hydrogen-bond acceptors (Lipinski definition) is 9. The highest BCUT2D eigenvalue weighted by atomic mass is 35.5. The van der Waals surface area contributed by atoms with E-state index in [1.54, 1.807) is 6.92 Å². The van der Waals surface area contributed by atoms with Crippen LogP contribution in [0.4, 0.5) is 11.6 Å². The Balaban J connectivity index is 1.60. The predicted molar refractivity (Wildman–Crippen MR) is 141 cm³/mol. The number of nitrogens with zero attached hydrogens (tertiary/aromatic N) is 3. The number of aromatic hydroxyl groups is 1. The molecule has 37 heavy (non-hydrogen) atoms. The minimum absolute atomic E-state index is 0.00161. The molecule has 0 atom stereocenters. The molecule has 1 aliphatic heterocycles. The Morgan fingerprint density at radius 3 is 2.65 bits per heavy atom. The van der Waals surface area contributed by atoms with E-state index in [9.17, 15) is 9.90 Å². The number of ether oxygens (including phenoxy) is 3. The van der Waals surface area contributed by atoms with Crippen molar-refractivity contribution in [3.63, 3.8) is 0 Å². The Bertz CT molecular complexity index is 1300. The maximum Gasteiger partial charge on any atom is 0.256 e. The number of phenolic OH excluding ortho intramolecular Hbond substituents is 1. The summed E-state index contributed by atoms with van der Waals surface area (Å²) in [4.78, 5) is 23.5. The van der Waals surface area contributed by atoms with Crippen LogP contribution in [0.5, 0.6) is 17.4 Å². The Hall–Kier alpha value is -3.60. The fraction of sp³-hybridized carbons (Fsp3) is 0.346. The van der Waals surface area contributed by atoms with E-state index in [1.807, 2.05) is 25.1 Å². The Kier molecular flexibility index (Phi) is 8.32. The van der Waals surface area contributed by atoms with Gasteiger partial charge < -0.3 is 30.4 Å². The van der Waals surface area contributed by atoms with Crippen LogP contribution in [0.2, 0.25) is 5.02 Å². The third-order valence-corrected chi connectivity index (χ3v) is 6.45. The van der Waals surface area contributed by atoms with Crippen LogP contribution in [0, 0.1) is 13.8 Å². The van der Waals surface area contributed by atoms with Crippen molar-refractivity contribution in [3.05, 3.63) is 52.0 Å². The number of primary amides is 1. The van der Waals surface area contributed by atoms with Gasteiger partial charge in [0.15, 0.2) is 0 Å². The zero-order valence-electron chi connectivity index (χ0n) is 21.0. The average Bonchev–Trinajstić information content (AvgIpc) is 2.88. The van der Waals surface area contributed by atoms with Crippen molar-refractivity contribution in [1.82, 2.24) is 14.9 Å². The minimum Gasteiger partial charge on any atom is -0.508 e. The van der Waals surface area contributed by atoms with Gasteiger partial charge in [-0.3, -0.25) is 9.69 Å². The van der Waals surface area contributed by atoms with Crippen molar-refractivity contribution in [3.8, 4) is 28.6 Å². The number of anilines is 2. The summed E-state index contributed by atoms with van der Waals surface area (Å²) >= 11 is 6.44. The van der Waals surface area contributed by atoms with E-state index in [2.05, 4.69) is 20.2 Å². The van der Waals surface area contributed by atoms with E-state index in [1.165, 1.54) is 19.2 Å². The summed E-state index contributed by atoms with van der Waals surface area (Å²) in [7, 11) is 1.38. The van der Waals surface area contributed by atoms with E-state index in [0.717, 1.165) is 44.2 Å². The van der Waals surface area contributed by atoms with Gasteiger partial charge in [-0.1, -0.05) is 11.6 Å². The number of carbonyl (C=O) groups is 1. The van der Waals surface area contributed by atoms with Gasteiger partial charge in [0.1, 0.15) is 23.7 Å². The highest BCUT2D eigenvalue weighted by Crippen LogP contribution is 2.39. The van der Waals surface area contributed by atoms with E-state index in [-0.39, 0.29) is 28.8 Å². The van der Waals surface area contributed by atoms with Gasteiger partial charge in [0, 0.05) is 36.4 Å². The number of rotatable bonds is 9. The zero-order chi connectivity index (χ0) is 26.5. The Morgan fingerprint density at radius 1 is 1.22 bits per heavy atom. The standard InChI is InChI=1S/C26H30ClN5O5/c1-15-14-17(4-7-20(15)37-13-10-32-8-11-36-12-9-32)29-26-30-23(22(24(28)34)25(31-26)35-3)21-16(2)19(33)6-5-18(21)27/h4-7,14,33H,8-13H2,1-3H3,(H2,28,34)(H,29,30,31). The van der Waals surface area contributed by atoms with Gasteiger partial charge in [0.25, 0.3) is 5.91 Å². The van der Waals surface area contributed by atoms with E-state index in [0.29, 0.717) is 28.4 Å². The van der Waals surface area contributed by atoms with E-state index >= 15 is 0 Å². The number of aryl methyl sites for hydroxylation is 1. The summed E-state index contributed by atoms with van der Waals surface area (Å²) in [6.45, 7) is 8.38. The van der Waals surface area contributed by atoms with Crippen molar-refractivity contribution < 1.29 is 24.1 Å². The number of benzene rings is 2. The van der Waals surface area contributed by atoms with Crippen LogP contribution in [0.1, 0.15) is 21.5 Å². The summed E-state index contributed by atoms with van der Waals surface area (Å²) in [5.74, 6) is 0.146. The predicted octanol–water partition coefficient (Wildman–Crippen LogP) is 3.68. The third kappa shape index (κ3) is 6.04. The molecule has 0 saturated carbocycles. The van der Waals surface area contributed by atoms with Crippen LogP contribution in [0.15, 0.2) is 30.3 Å². The zero-order valence-corrected chi connectivity index (χ0v) is 21.8. The lowest BCUT2D eigenvalue weighted by atomic mass is 10.0. The molecule has 0 aliphatic carbocycles. The lowest BCUT2D eigenvalue weighted by Crippen LogP contribution is -2.38. The molecule has 10 nitrogen and oxygen atoms in total. The summed E-state index contributed by atoms with van der Waals surface area (Å²) < 4.78 is 16.7. The number of aromatic nitrogens is 2. The molecule has 4 rings (SSSR count). The first kappa shape index (κ1) is 26.5. The summed E-state index contributed by atoms with van der Waals surface area (Å²) in [6, 6.07) is 8.63. The first-order valence-corrected chi connectivity index (χ1v) is 12.2. The molecule has 11 heteroatoms. The Morgan fingerprint density at radius 2 is 1.97 bits per heavy atom. The topological polar surface area (TPSA) is 132 Å². The van der Waals surface area contributed by atoms with Crippen LogP contribution in [0.25, 0.3) is 11.3 Å². The van der Waals surface area contributed by atoms with Gasteiger partial charge in [-0.2, -0.15) is 4.98 Å². The molecular formula is C26H30ClN5O5. The van der Waals surface area contributed by atoms with Crippen molar-refractivity contribution in [1.29, 1.82) is 0 Å². The third-order valence-electron chi connectivity index (χ3n) is 6.14. The highest BCUT2D eigenvalue weighted by molar-refractivity contribution is 6.33. The van der Waals surface area contributed by atoms with Gasteiger partial charge in [0.2, 0.25) is 11.8 Å². The molecule has 2 heterocycles. The molecule has 1 aromatic heterocycles. The maximum atomic E-state index is 12.3. The smallest absolute Gasteiger partial charge is 0.256 e. The molecule has 0 bridgehead atoms. The molecule has 1 amide bonds. The number of nitrogens with one attached hydrogen (secondary N) is 1. The van der Waals surface area contributed by atoms with Crippen molar-refractivity contribution in [2.45, 2.75) is 13.8 Å². The first-order chi connectivity index (χ1) is 17.8. The SMILES string of the molecule is COc1nc(Nc2ccc(OCCN3CCOCC3)c(C)c2)nc(-c2c(Cl)ccc(O)c2C)c1C(N)=O. The maximum absolute atomic E-state index is 12.3. The highest BCUT2D eigenvalue weighted by Gasteiger charge is 2.25. The van der Waals surface area contributed by atoms with Gasteiger partial charge in [0.05, 0.1) is 31.0 Å². The number of hydrogen-bond donors (Lipinski definition) is 3. The lowest BCUT2D eigenvalue weighted by molar-refractivity contribution is 0.0322. The largest absolute Gasteiger partial charge is 0.508 e. The van der Waals surface area contributed by atoms with Crippen LogP contribution < -0.4 is 20.5 Å². The number of amides is 1. The van der Waals surface area contributed by atoms with Crippen molar-refractivity contribution >= 4 is 29.1 Å². The molecule has 4 N–H and O–H groups in total. The molecule has 1 fully saturated rings. The normalized spacial score (nSPS) is 13.8. The summed E-state index contributed by atoms with van der Waals surface area (Å²) in [5, 5.41) is 13.7. The average molecular weight is 528 g/mol.